The van der Waals surface area contributed by atoms with Gasteiger partial charge in [0.15, 0.2) is 5.11 Å². The average Bonchev–Trinajstić information content (AvgIpc) is 2.90. The number of aromatic amines is 1. The molecule has 0 spiro atoms. The molecule has 0 fully saturated rings. The molecule has 0 saturated carbocycles. The molecule has 0 amide bonds. The van der Waals surface area contributed by atoms with Gasteiger partial charge in [-0.25, -0.2) is 9.37 Å². The molecule has 0 unspecified atom stereocenters. The normalized spacial score (nSPS) is 10.3. The molecular formula is C14H12FN5S. The first-order valence-corrected chi connectivity index (χ1v) is 6.65. The van der Waals surface area contributed by atoms with Gasteiger partial charge >= 0.3 is 0 Å². The number of para-hydroxylation sites is 2. The van der Waals surface area contributed by atoms with E-state index in [4.69, 9.17) is 12.2 Å². The molecule has 0 aliphatic rings. The zero-order valence-electron chi connectivity index (χ0n) is 10.9. The molecular weight excluding hydrogens is 289 g/mol. The van der Waals surface area contributed by atoms with E-state index in [9.17, 15) is 4.39 Å². The number of hydrogen-bond donors (Lipinski definition) is 4. The Morgan fingerprint density at radius 1 is 1.10 bits per heavy atom. The van der Waals surface area contributed by atoms with Crippen molar-refractivity contribution in [2.75, 3.05) is 10.7 Å². The summed E-state index contributed by atoms with van der Waals surface area (Å²) >= 11 is 5.13. The van der Waals surface area contributed by atoms with Crippen LogP contribution in [0.4, 0.5) is 16.0 Å². The molecule has 3 rings (SSSR count). The first-order valence-electron chi connectivity index (χ1n) is 6.24. The van der Waals surface area contributed by atoms with Gasteiger partial charge in [0.25, 0.3) is 0 Å². The van der Waals surface area contributed by atoms with Gasteiger partial charge in [-0.15, -0.1) is 0 Å². The molecule has 21 heavy (non-hydrogen) atoms. The number of nitrogens with one attached hydrogen (secondary N) is 4. The number of thiocarbonyl (C=S) groups is 1. The lowest BCUT2D eigenvalue weighted by molar-refractivity contribution is 0.628. The summed E-state index contributed by atoms with van der Waals surface area (Å²) in [6, 6.07) is 13.6. The summed E-state index contributed by atoms with van der Waals surface area (Å²) in [5.41, 5.74) is 8.16. The fourth-order valence-corrected chi connectivity index (χ4v) is 1.99. The van der Waals surface area contributed by atoms with Gasteiger partial charge in [-0.05, 0) is 48.6 Å². The predicted molar refractivity (Wildman–Crippen MR) is 85.5 cm³/mol. The minimum Gasteiger partial charge on any atom is -0.331 e. The van der Waals surface area contributed by atoms with E-state index in [0.29, 0.717) is 16.7 Å². The highest BCUT2D eigenvalue weighted by Crippen LogP contribution is 2.12. The minimum absolute atomic E-state index is 0.292. The summed E-state index contributed by atoms with van der Waals surface area (Å²) in [5.74, 6) is 0.263. The van der Waals surface area contributed by atoms with Crippen LogP contribution in [0, 0.1) is 5.82 Å². The molecule has 1 aromatic heterocycles. The number of benzene rings is 2. The zero-order chi connectivity index (χ0) is 14.7. The van der Waals surface area contributed by atoms with E-state index in [1.165, 1.54) is 12.1 Å². The molecule has 0 atom stereocenters. The molecule has 0 saturated heterocycles. The number of nitrogens with zero attached hydrogens (tertiary/aromatic N) is 1. The minimum atomic E-state index is -0.292. The Labute approximate surface area is 125 Å². The fourth-order valence-electron chi connectivity index (χ4n) is 1.82. The van der Waals surface area contributed by atoms with E-state index >= 15 is 0 Å². The maximum Gasteiger partial charge on any atom is 0.220 e. The van der Waals surface area contributed by atoms with Gasteiger partial charge < -0.3 is 10.3 Å². The summed E-state index contributed by atoms with van der Waals surface area (Å²) in [7, 11) is 0. The Balaban J connectivity index is 1.59. The molecule has 0 aliphatic heterocycles. The zero-order valence-corrected chi connectivity index (χ0v) is 11.7. The van der Waals surface area contributed by atoms with E-state index in [1.807, 2.05) is 24.3 Å². The highest BCUT2D eigenvalue weighted by Gasteiger charge is 2.02. The molecule has 7 heteroatoms. The number of halogens is 1. The number of fused-ring (bicyclic) bond motifs is 1. The van der Waals surface area contributed by atoms with E-state index in [0.717, 1.165) is 11.0 Å². The molecule has 1 heterocycles. The lowest BCUT2D eigenvalue weighted by Gasteiger charge is -2.10. The number of aromatic nitrogens is 2. The molecule has 0 radical (unpaired) electrons. The third-order valence-corrected chi connectivity index (χ3v) is 2.99. The van der Waals surface area contributed by atoms with Crippen molar-refractivity contribution in [2.24, 2.45) is 0 Å². The van der Waals surface area contributed by atoms with E-state index < -0.39 is 0 Å². The molecule has 2 aromatic carbocycles. The number of imidazole rings is 1. The van der Waals surface area contributed by atoms with Crippen LogP contribution in [0.15, 0.2) is 48.5 Å². The number of rotatable bonds is 3. The maximum atomic E-state index is 12.8. The quantitative estimate of drug-likeness (QED) is 0.442. The van der Waals surface area contributed by atoms with E-state index in [1.54, 1.807) is 12.1 Å². The summed E-state index contributed by atoms with van der Waals surface area (Å²) in [4.78, 5) is 7.44. The van der Waals surface area contributed by atoms with Gasteiger partial charge in [-0.2, -0.15) is 0 Å². The van der Waals surface area contributed by atoms with Crippen molar-refractivity contribution in [1.82, 2.24) is 15.4 Å². The van der Waals surface area contributed by atoms with E-state index in [-0.39, 0.29) is 5.82 Å². The van der Waals surface area contributed by atoms with Crippen molar-refractivity contribution < 1.29 is 4.39 Å². The monoisotopic (exact) mass is 301 g/mol. The number of hydrogen-bond acceptors (Lipinski definition) is 3. The van der Waals surface area contributed by atoms with Crippen LogP contribution in [0.3, 0.4) is 0 Å². The number of H-pyrrole nitrogens is 1. The van der Waals surface area contributed by atoms with Crippen LogP contribution in [-0.4, -0.2) is 15.1 Å². The van der Waals surface area contributed by atoms with Crippen LogP contribution >= 0.6 is 12.2 Å². The van der Waals surface area contributed by atoms with Crippen molar-refractivity contribution in [3.63, 3.8) is 0 Å². The van der Waals surface area contributed by atoms with Gasteiger partial charge in [0.05, 0.1) is 11.0 Å². The molecule has 0 aliphatic carbocycles. The van der Waals surface area contributed by atoms with Gasteiger partial charge in [-0.3, -0.25) is 10.9 Å². The van der Waals surface area contributed by atoms with Crippen molar-refractivity contribution in [3.05, 3.63) is 54.3 Å². The van der Waals surface area contributed by atoms with Gasteiger partial charge in [-0.1, -0.05) is 12.1 Å². The van der Waals surface area contributed by atoms with Crippen molar-refractivity contribution in [3.8, 4) is 0 Å². The summed E-state index contributed by atoms with van der Waals surface area (Å²) in [6.07, 6.45) is 0. The van der Waals surface area contributed by atoms with Crippen LogP contribution < -0.4 is 16.2 Å². The molecule has 106 valence electrons. The highest BCUT2D eigenvalue weighted by molar-refractivity contribution is 7.80. The van der Waals surface area contributed by atoms with Crippen molar-refractivity contribution in [2.45, 2.75) is 0 Å². The van der Waals surface area contributed by atoms with Gasteiger partial charge in [0.2, 0.25) is 5.95 Å². The second kappa shape index (κ2) is 5.76. The second-order valence-corrected chi connectivity index (χ2v) is 4.72. The van der Waals surface area contributed by atoms with Crippen molar-refractivity contribution >= 4 is 40.0 Å². The highest BCUT2D eigenvalue weighted by atomic mass is 32.1. The van der Waals surface area contributed by atoms with E-state index in [2.05, 4.69) is 26.1 Å². The standard InChI is InChI=1S/C14H12FN5S/c15-9-5-7-10(8-6-9)16-14(21)20-19-13-17-11-3-1-2-4-12(11)18-13/h1-8H,(H2,16,20,21)(H2,17,18,19). The first-order chi connectivity index (χ1) is 10.2. The van der Waals surface area contributed by atoms with Gasteiger partial charge in [0.1, 0.15) is 5.82 Å². The van der Waals surface area contributed by atoms with Crippen LogP contribution in [-0.2, 0) is 0 Å². The lowest BCUT2D eigenvalue weighted by Crippen LogP contribution is -2.33. The molecule has 4 N–H and O–H groups in total. The summed E-state index contributed by atoms with van der Waals surface area (Å²) in [6.45, 7) is 0. The first kappa shape index (κ1) is 13.3. The third-order valence-electron chi connectivity index (χ3n) is 2.79. The SMILES string of the molecule is Fc1ccc(NC(=S)NNc2nc3ccccc3[nH]2)cc1. The third kappa shape index (κ3) is 3.26. The van der Waals surface area contributed by atoms with Crippen LogP contribution in [0.5, 0.6) is 0 Å². The van der Waals surface area contributed by atoms with Gasteiger partial charge in [0, 0.05) is 5.69 Å². The van der Waals surface area contributed by atoms with Crippen LogP contribution in [0.2, 0.25) is 0 Å². The Morgan fingerprint density at radius 3 is 2.62 bits per heavy atom. The van der Waals surface area contributed by atoms with Crippen LogP contribution in [0.25, 0.3) is 11.0 Å². The fraction of sp³-hybridized carbons (Fsp3) is 0. The Kier molecular flexibility index (Phi) is 3.65. The smallest absolute Gasteiger partial charge is 0.220 e. The molecule has 5 nitrogen and oxygen atoms in total. The molecule has 0 bridgehead atoms. The number of anilines is 2. The van der Waals surface area contributed by atoms with Crippen molar-refractivity contribution in [1.29, 1.82) is 0 Å². The van der Waals surface area contributed by atoms with Crippen LogP contribution in [0.1, 0.15) is 0 Å². The topological polar surface area (TPSA) is 64.8 Å². The Hall–Kier alpha value is -2.67. The Bertz CT molecular complexity index is 735. The Morgan fingerprint density at radius 2 is 1.86 bits per heavy atom. The summed E-state index contributed by atoms with van der Waals surface area (Å²) in [5, 5.41) is 3.27. The maximum absolute atomic E-state index is 12.8. The molecule has 3 aromatic rings. The lowest BCUT2D eigenvalue weighted by atomic mass is 10.3. The number of hydrazine groups is 1. The predicted octanol–water partition coefficient (Wildman–Crippen LogP) is 3.02. The largest absolute Gasteiger partial charge is 0.331 e. The average molecular weight is 301 g/mol. The second-order valence-electron chi connectivity index (χ2n) is 4.31. The summed E-state index contributed by atoms with van der Waals surface area (Å²) < 4.78 is 12.8.